The summed E-state index contributed by atoms with van der Waals surface area (Å²) in [7, 11) is 0. The molecule has 0 radical (unpaired) electrons. The molecule has 1 atom stereocenters. The van der Waals surface area contributed by atoms with Crippen molar-refractivity contribution in [2.75, 3.05) is 11.9 Å². The highest BCUT2D eigenvalue weighted by molar-refractivity contribution is 5.89. The van der Waals surface area contributed by atoms with E-state index in [2.05, 4.69) is 12.2 Å². The quantitative estimate of drug-likeness (QED) is 0.895. The predicted octanol–water partition coefficient (Wildman–Crippen LogP) is 4.27. The van der Waals surface area contributed by atoms with Crippen molar-refractivity contribution in [1.82, 2.24) is 4.90 Å². The van der Waals surface area contributed by atoms with Gasteiger partial charge in [0.1, 0.15) is 5.76 Å². The van der Waals surface area contributed by atoms with Gasteiger partial charge < -0.3 is 14.6 Å². The van der Waals surface area contributed by atoms with Gasteiger partial charge in [0.15, 0.2) is 0 Å². The third kappa shape index (κ3) is 2.79. The number of carbonyl (C=O) groups excluding carboxylic acids is 1. The molecule has 4 nitrogen and oxygen atoms in total. The summed E-state index contributed by atoms with van der Waals surface area (Å²) in [6, 6.07) is 9.77. The maximum Gasteiger partial charge on any atom is 0.322 e. The number of carbonyl (C=O) groups is 1. The summed E-state index contributed by atoms with van der Waals surface area (Å²) >= 11 is 0. The molecule has 1 aliphatic rings. The van der Waals surface area contributed by atoms with Gasteiger partial charge in [-0.25, -0.2) is 4.79 Å². The molecule has 1 aromatic carbocycles. The molecular weight excluding hydrogens is 264 g/mol. The molecule has 1 N–H and O–H groups in total. The molecule has 1 aromatic heterocycles. The summed E-state index contributed by atoms with van der Waals surface area (Å²) in [5, 5.41) is 2.99. The lowest BCUT2D eigenvalue weighted by atomic mass is 10.1. The van der Waals surface area contributed by atoms with Gasteiger partial charge in [0.2, 0.25) is 0 Å². The summed E-state index contributed by atoms with van der Waals surface area (Å²) < 4.78 is 5.46. The van der Waals surface area contributed by atoms with E-state index in [1.807, 2.05) is 42.2 Å². The fraction of sp³-hybridized carbons (Fsp3) is 0.353. The molecule has 0 saturated carbocycles. The van der Waals surface area contributed by atoms with Crippen LogP contribution in [-0.2, 0) is 0 Å². The van der Waals surface area contributed by atoms with E-state index < -0.39 is 0 Å². The van der Waals surface area contributed by atoms with Crippen LogP contribution in [0.5, 0.6) is 0 Å². The highest BCUT2D eigenvalue weighted by Gasteiger charge is 2.31. The van der Waals surface area contributed by atoms with Crippen molar-refractivity contribution in [3.8, 4) is 0 Å². The number of likely N-dealkylation sites (tertiary alicyclic amines) is 1. The van der Waals surface area contributed by atoms with E-state index in [0.717, 1.165) is 30.8 Å². The summed E-state index contributed by atoms with van der Waals surface area (Å²) in [6.07, 6.45) is 3.62. The fourth-order valence-electron chi connectivity index (χ4n) is 2.80. The van der Waals surface area contributed by atoms with E-state index in [0.29, 0.717) is 0 Å². The van der Waals surface area contributed by atoms with E-state index in [-0.39, 0.29) is 12.1 Å². The monoisotopic (exact) mass is 284 g/mol. The molecule has 1 unspecified atom stereocenters. The zero-order valence-electron chi connectivity index (χ0n) is 12.4. The summed E-state index contributed by atoms with van der Waals surface area (Å²) in [6.45, 7) is 4.88. The smallest absolute Gasteiger partial charge is 0.322 e. The molecule has 110 valence electrons. The second-order valence-corrected chi connectivity index (χ2v) is 5.60. The van der Waals surface area contributed by atoms with Gasteiger partial charge in [0, 0.05) is 12.2 Å². The number of rotatable bonds is 2. The minimum absolute atomic E-state index is 0.0477. The summed E-state index contributed by atoms with van der Waals surface area (Å²) in [4.78, 5) is 14.3. The summed E-state index contributed by atoms with van der Waals surface area (Å²) in [5.74, 6) is 0.864. The number of benzene rings is 1. The van der Waals surface area contributed by atoms with Crippen LogP contribution in [0.15, 0.2) is 41.0 Å². The number of hydrogen-bond acceptors (Lipinski definition) is 2. The van der Waals surface area contributed by atoms with Crippen LogP contribution in [0.1, 0.15) is 35.8 Å². The molecule has 1 aliphatic heterocycles. The Morgan fingerprint density at radius 1 is 1.29 bits per heavy atom. The maximum absolute atomic E-state index is 12.5. The van der Waals surface area contributed by atoms with E-state index in [1.165, 1.54) is 11.1 Å². The normalized spacial score (nSPS) is 18.0. The Labute approximate surface area is 124 Å². The third-order valence-corrected chi connectivity index (χ3v) is 4.14. The van der Waals surface area contributed by atoms with Crippen molar-refractivity contribution in [2.24, 2.45) is 0 Å². The van der Waals surface area contributed by atoms with Gasteiger partial charge in [0.25, 0.3) is 0 Å². The van der Waals surface area contributed by atoms with Crippen molar-refractivity contribution in [2.45, 2.75) is 32.7 Å². The van der Waals surface area contributed by atoms with Gasteiger partial charge in [-0.1, -0.05) is 6.07 Å². The number of anilines is 1. The first kappa shape index (κ1) is 13.7. The summed E-state index contributed by atoms with van der Waals surface area (Å²) in [5.41, 5.74) is 3.24. The Kier molecular flexibility index (Phi) is 3.69. The number of amides is 2. The van der Waals surface area contributed by atoms with Gasteiger partial charge in [-0.3, -0.25) is 0 Å². The molecule has 4 heteroatoms. The molecular formula is C17H20N2O2. The van der Waals surface area contributed by atoms with Crippen LogP contribution in [0.2, 0.25) is 0 Å². The zero-order valence-corrected chi connectivity index (χ0v) is 12.4. The number of furan rings is 1. The molecule has 2 heterocycles. The minimum atomic E-state index is -0.0582. The lowest BCUT2D eigenvalue weighted by Gasteiger charge is -2.23. The van der Waals surface area contributed by atoms with Gasteiger partial charge >= 0.3 is 6.03 Å². The Bertz CT molecular complexity index is 634. The number of hydrogen-bond donors (Lipinski definition) is 1. The Hall–Kier alpha value is -2.23. The lowest BCUT2D eigenvalue weighted by molar-refractivity contribution is 0.200. The van der Waals surface area contributed by atoms with Crippen molar-refractivity contribution < 1.29 is 9.21 Å². The van der Waals surface area contributed by atoms with Gasteiger partial charge in [-0.2, -0.15) is 0 Å². The predicted molar refractivity (Wildman–Crippen MR) is 82.3 cm³/mol. The van der Waals surface area contributed by atoms with Crippen LogP contribution in [0.25, 0.3) is 0 Å². The molecule has 0 spiro atoms. The van der Waals surface area contributed by atoms with Crippen molar-refractivity contribution >= 4 is 11.7 Å². The second-order valence-electron chi connectivity index (χ2n) is 5.60. The maximum atomic E-state index is 12.5. The minimum Gasteiger partial charge on any atom is -0.467 e. The number of nitrogens with one attached hydrogen (secondary N) is 1. The topological polar surface area (TPSA) is 45.5 Å². The van der Waals surface area contributed by atoms with Crippen molar-refractivity contribution in [3.63, 3.8) is 0 Å². The molecule has 21 heavy (non-hydrogen) atoms. The third-order valence-electron chi connectivity index (χ3n) is 4.14. The number of nitrogens with zero attached hydrogens (tertiary/aromatic N) is 1. The van der Waals surface area contributed by atoms with Crippen LogP contribution < -0.4 is 5.32 Å². The van der Waals surface area contributed by atoms with Crippen molar-refractivity contribution in [1.29, 1.82) is 0 Å². The standard InChI is InChI=1S/C17H20N2O2/c1-12-7-8-14(11-13(12)2)18-17(20)19-9-3-5-15(19)16-6-4-10-21-16/h4,6-8,10-11,15H,3,5,9H2,1-2H3,(H,18,20). The average molecular weight is 284 g/mol. The molecule has 2 aromatic rings. The van der Waals surface area contributed by atoms with Crippen LogP contribution in [0.4, 0.5) is 10.5 Å². The van der Waals surface area contributed by atoms with E-state index in [1.54, 1.807) is 6.26 Å². The Balaban J connectivity index is 1.73. The van der Waals surface area contributed by atoms with E-state index >= 15 is 0 Å². The number of aryl methyl sites for hydroxylation is 2. The van der Waals surface area contributed by atoms with Gasteiger partial charge in [0.05, 0.1) is 12.3 Å². The van der Waals surface area contributed by atoms with Crippen LogP contribution in [0.3, 0.4) is 0 Å². The van der Waals surface area contributed by atoms with E-state index in [4.69, 9.17) is 4.42 Å². The fourth-order valence-corrected chi connectivity index (χ4v) is 2.80. The van der Waals surface area contributed by atoms with Crippen LogP contribution in [0, 0.1) is 13.8 Å². The Morgan fingerprint density at radius 3 is 2.86 bits per heavy atom. The average Bonchev–Trinajstić information content (AvgIpc) is 3.12. The molecule has 2 amide bonds. The first-order chi connectivity index (χ1) is 10.1. The highest BCUT2D eigenvalue weighted by Crippen LogP contribution is 2.32. The SMILES string of the molecule is Cc1ccc(NC(=O)N2CCCC2c2ccco2)cc1C. The first-order valence-corrected chi connectivity index (χ1v) is 7.33. The number of urea groups is 1. The van der Waals surface area contributed by atoms with Gasteiger partial charge in [-0.05, 0) is 62.1 Å². The second kappa shape index (κ2) is 5.64. The molecule has 1 saturated heterocycles. The zero-order chi connectivity index (χ0) is 14.8. The molecule has 0 aliphatic carbocycles. The van der Waals surface area contributed by atoms with Crippen molar-refractivity contribution in [3.05, 3.63) is 53.5 Å². The van der Waals surface area contributed by atoms with E-state index in [9.17, 15) is 4.79 Å². The largest absolute Gasteiger partial charge is 0.467 e. The van der Waals surface area contributed by atoms with Crippen LogP contribution >= 0.6 is 0 Å². The highest BCUT2D eigenvalue weighted by atomic mass is 16.3. The first-order valence-electron chi connectivity index (χ1n) is 7.33. The Morgan fingerprint density at radius 2 is 2.14 bits per heavy atom. The lowest BCUT2D eigenvalue weighted by Crippen LogP contribution is -2.34. The van der Waals surface area contributed by atoms with Crippen LogP contribution in [-0.4, -0.2) is 17.5 Å². The molecule has 3 rings (SSSR count). The van der Waals surface area contributed by atoms with Gasteiger partial charge in [-0.15, -0.1) is 0 Å². The molecule has 1 fully saturated rings. The molecule has 0 bridgehead atoms.